The van der Waals surface area contributed by atoms with Crippen molar-refractivity contribution in [1.29, 1.82) is 0 Å². The maximum absolute atomic E-state index is 12.8. The van der Waals surface area contributed by atoms with E-state index in [0.717, 1.165) is 0 Å². The Labute approximate surface area is 196 Å². The third kappa shape index (κ3) is 12.7. The molecule has 14 heteroatoms. The molecule has 0 aliphatic carbocycles. The number of unbranched alkanes of at least 4 members (excludes halogenated alkanes) is 1. The van der Waals surface area contributed by atoms with Crippen LogP contribution in [0.25, 0.3) is 0 Å². The molecule has 34 heavy (non-hydrogen) atoms. The smallest absolute Gasteiger partial charge is 0.326 e. The zero-order valence-corrected chi connectivity index (χ0v) is 19.3. The molecular weight excluding hydrogens is 454 g/mol. The predicted octanol–water partition coefficient (Wildman–Crippen LogP) is -2.02. The molecule has 0 heterocycles. The van der Waals surface area contributed by atoms with Crippen LogP contribution in [-0.4, -0.2) is 81.7 Å². The molecule has 0 fully saturated rings. The zero-order chi connectivity index (χ0) is 26.4. The van der Waals surface area contributed by atoms with Crippen LogP contribution in [0.15, 0.2) is 0 Å². The normalized spacial score (nSPS) is 14.4. The number of carbonyl (C=O) groups excluding carboxylic acids is 3. The average Bonchev–Trinajstić information content (AvgIpc) is 2.70. The Hall–Kier alpha value is -3.26. The third-order valence-electron chi connectivity index (χ3n) is 4.65. The van der Waals surface area contributed by atoms with Crippen molar-refractivity contribution in [2.75, 3.05) is 6.54 Å². The molecule has 0 spiro atoms. The number of hydrogen-bond donors (Lipinski definition) is 8. The number of rotatable bonds is 17. The number of carbonyl (C=O) groups is 6. The molecule has 4 atom stereocenters. The summed E-state index contributed by atoms with van der Waals surface area (Å²) in [6, 6.07) is -5.61. The van der Waals surface area contributed by atoms with Crippen molar-refractivity contribution in [2.45, 2.75) is 76.5 Å². The van der Waals surface area contributed by atoms with Crippen LogP contribution >= 0.6 is 0 Å². The van der Waals surface area contributed by atoms with Gasteiger partial charge in [0.1, 0.15) is 18.1 Å². The van der Waals surface area contributed by atoms with Crippen molar-refractivity contribution < 1.29 is 44.1 Å². The Balaban J connectivity index is 5.55. The highest BCUT2D eigenvalue weighted by atomic mass is 16.4. The number of aliphatic carboxylic acids is 3. The van der Waals surface area contributed by atoms with Gasteiger partial charge in [-0.15, -0.1) is 0 Å². The number of hydrogen-bond acceptors (Lipinski definition) is 8. The summed E-state index contributed by atoms with van der Waals surface area (Å²) in [5.74, 6) is -7.09. The minimum absolute atomic E-state index is 0.00872. The molecular formula is C20H35N5O9. The van der Waals surface area contributed by atoms with Gasteiger partial charge in [-0.2, -0.15) is 0 Å². The molecule has 10 N–H and O–H groups in total. The first-order valence-corrected chi connectivity index (χ1v) is 10.8. The first-order valence-electron chi connectivity index (χ1n) is 10.8. The van der Waals surface area contributed by atoms with Crippen LogP contribution < -0.4 is 27.4 Å². The van der Waals surface area contributed by atoms with Gasteiger partial charge < -0.3 is 42.7 Å². The first-order chi connectivity index (χ1) is 15.8. The van der Waals surface area contributed by atoms with Crippen molar-refractivity contribution in [2.24, 2.45) is 17.4 Å². The number of nitrogens with one attached hydrogen (secondary N) is 3. The second-order valence-electron chi connectivity index (χ2n) is 8.24. The Morgan fingerprint density at radius 3 is 1.68 bits per heavy atom. The van der Waals surface area contributed by atoms with E-state index in [1.165, 1.54) is 0 Å². The quantitative estimate of drug-likeness (QED) is 0.103. The van der Waals surface area contributed by atoms with E-state index in [2.05, 4.69) is 16.0 Å². The summed E-state index contributed by atoms with van der Waals surface area (Å²) >= 11 is 0. The summed E-state index contributed by atoms with van der Waals surface area (Å²) < 4.78 is 0. The molecule has 0 rings (SSSR count). The molecule has 0 aromatic rings. The van der Waals surface area contributed by atoms with Gasteiger partial charge in [0, 0.05) is 0 Å². The van der Waals surface area contributed by atoms with Crippen molar-refractivity contribution in [3.63, 3.8) is 0 Å². The monoisotopic (exact) mass is 489 g/mol. The summed E-state index contributed by atoms with van der Waals surface area (Å²) in [6.45, 7) is 3.94. The standard InChI is InChI=1S/C20H35N5O9/c1-10(2)7-11(22)17(30)24-13(8-15(26)27)19(32)23-12(5-3-4-6-21)18(31)25-14(20(33)34)9-16(28)29/h10-14H,3-9,21-22H2,1-2H3,(H,23,32)(H,24,30)(H,25,31)(H,26,27)(H,28,29)(H,33,34). The summed E-state index contributed by atoms with van der Waals surface area (Å²) in [4.78, 5) is 71.0. The molecule has 194 valence electrons. The van der Waals surface area contributed by atoms with E-state index in [-0.39, 0.29) is 25.3 Å². The number of nitrogens with two attached hydrogens (primary N) is 2. The van der Waals surface area contributed by atoms with Crippen molar-refractivity contribution in [3.8, 4) is 0 Å². The van der Waals surface area contributed by atoms with Gasteiger partial charge in [0.15, 0.2) is 0 Å². The number of carboxylic acid groups (broad SMARTS) is 3. The summed E-state index contributed by atoms with van der Waals surface area (Å²) in [5.41, 5.74) is 11.2. The van der Waals surface area contributed by atoms with Crippen molar-refractivity contribution in [1.82, 2.24) is 16.0 Å². The van der Waals surface area contributed by atoms with Crippen LogP contribution in [0.2, 0.25) is 0 Å². The largest absolute Gasteiger partial charge is 0.481 e. The van der Waals surface area contributed by atoms with Gasteiger partial charge in [0.2, 0.25) is 17.7 Å². The van der Waals surface area contributed by atoms with Crippen LogP contribution in [-0.2, 0) is 28.8 Å². The van der Waals surface area contributed by atoms with E-state index >= 15 is 0 Å². The highest BCUT2D eigenvalue weighted by Crippen LogP contribution is 2.06. The van der Waals surface area contributed by atoms with Gasteiger partial charge in [-0.3, -0.25) is 24.0 Å². The minimum atomic E-state index is -1.75. The molecule has 4 unspecified atom stereocenters. The molecule has 0 bridgehead atoms. The molecule has 3 amide bonds. The van der Waals surface area contributed by atoms with Crippen LogP contribution in [0.5, 0.6) is 0 Å². The summed E-state index contributed by atoms with van der Waals surface area (Å²) in [5, 5.41) is 33.7. The van der Waals surface area contributed by atoms with Crippen LogP contribution in [0.3, 0.4) is 0 Å². The second kappa shape index (κ2) is 15.6. The van der Waals surface area contributed by atoms with Crippen LogP contribution in [0.1, 0.15) is 52.4 Å². The lowest BCUT2D eigenvalue weighted by Gasteiger charge is -2.24. The maximum Gasteiger partial charge on any atom is 0.326 e. The first kappa shape index (κ1) is 30.7. The van der Waals surface area contributed by atoms with Crippen molar-refractivity contribution in [3.05, 3.63) is 0 Å². The van der Waals surface area contributed by atoms with E-state index in [9.17, 15) is 28.8 Å². The minimum Gasteiger partial charge on any atom is -0.481 e. The topological polar surface area (TPSA) is 251 Å². The average molecular weight is 490 g/mol. The summed E-state index contributed by atoms with van der Waals surface area (Å²) in [6.07, 6.45) is -0.570. The Kier molecular flexibility index (Phi) is 14.1. The molecule has 0 aromatic carbocycles. The fraction of sp³-hybridized carbons (Fsp3) is 0.700. The predicted molar refractivity (Wildman–Crippen MR) is 118 cm³/mol. The fourth-order valence-corrected chi connectivity index (χ4v) is 2.96. The highest BCUT2D eigenvalue weighted by molar-refractivity contribution is 5.96. The molecule has 0 saturated heterocycles. The lowest BCUT2D eigenvalue weighted by Crippen LogP contribution is -2.57. The van der Waals surface area contributed by atoms with Crippen LogP contribution in [0, 0.1) is 5.92 Å². The Bertz CT molecular complexity index is 744. The lowest BCUT2D eigenvalue weighted by atomic mass is 10.0. The molecule has 0 aromatic heterocycles. The van der Waals surface area contributed by atoms with Gasteiger partial charge in [0.05, 0.1) is 18.9 Å². The lowest BCUT2D eigenvalue weighted by molar-refractivity contribution is -0.147. The second-order valence-corrected chi connectivity index (χ2v) is 8.24. The van der Waals surface area contributed by atoms with Gasteiger partial charge >= 0.3 is 17.9 Å². The molecule has 0 saturated carbocycles. The SMILES string of the molecule is CC(C)CC(N)C(=O)NC(CC(=O)O)C(=O)NC(CCCCN)C(=O)NC(CC(=O)O)C(=O)O. The van der Waals surface area contributed by atoms with Crippen LogP contribution in [0.4, 0.5) is 0 Å². The van der Waals surface area contributed by atoms with E-state index in [4.69, 9.17) is 26.8 Å². The number of amides is 3. The highest BCUT2D eigenvalue weighted by Gasteiger charge is 2.32. The molecule has 14 nitrogen and oxygen atoms in total. The Morgan fingerprint density at radius 2 is 1.21 bits per heavy atom. The van der Waals surface area contributed by atoms with E-state index < -0.39 is 72.6 Å². The zero-order valence-electron chi connectivity index (χ0n) is 19.3. The number of carboxylic acids is 3. The van der Waals surface area contributed by atoms with Gasteiger partial charge in [0.25, 0.3) is 0 Å². The van der Waals surface area contributed by atoms with E-state index in [1.807, 2.05) is 13.8 Å². The van der Waals surface area contributed by atoms with Crippen molar-refractivity contribution >= 4 is 35.6 Å². The van der Waals surface area contributed by atoms with E-state index in [1.54, 1.807) is 0 Å². The molecule has 0 radical (unpaired) electrons. The molecule has 0 aliphatic heterocycles. The van der Waals surface area contributed by atoms with Gasteiger partial charge in [-0.05, 0) is 38.1 Å². The Morgan fingerprint density at radius 1 is 0.735 bits per heavy atom. The fourth-order valence-electron chi connectivity index (χ4n) is 2.96. The molecule has 0 aliphatic rings. The van der Waals surface area contributed by atoms with Gasteiger partial charge in [-0.1, -0.05) is 13.8 Å². The van der Waals surface area contributed by atoms with E-state index in [0.29, 0.717) is 12.8 Å². The third-order valence-corrected chi connectivity index (χ3v) is 4.65. The summed E-state index contributed by atoms with van der Waals surface area (Å²) in [7, 11) is 0. The maximum atomic E-state index is 12.8. The van der Waals surface area contributed by atoms with Gasteiger partial charge in [-0.25, -0.2) is 4.79 Å².